The maximum Gasteiger partial charge on any atom is 0.170 e. The lowest BCUT2D eigenvalue weighted by molar-refractivity contribution is 0.128. The van der Waals surface area contributed by atoms with Gasteiger partial charge in [0.25, 0.3) is 0 Å². The SMILES string of the molecule is CC(Nc1cc(N)nc2cc(Nc3cc(NCc4ccc(C(N)NO)cc4)c4ccccc4n3)ccc12)c1ccc(C(N)=NO)cc1. The van der Waals surface area contributed by atoms with Crippen molar-refractivity contribution in [3.05, 3.63) is 125 Å². The third-order valence-electron chi connectivity index (χ3n) is 7.97. The van der Waals surface area contributed by atoms with Gasteiger partial charge in [-0.1, -0.05) is 71.9 Å². The molecule has 0 saturated heterocycles. The van der Waals surface area contributed by atoms with E-state index in [9.17, 15) is 0 Å². The van der Waals surface area contributed by atoms with Gasteiger partial charge in [0.2, 0.25) is 0 Å². The minimum absolute atomic E-state index is 0.0556. The Morgan fingerprint density at radius 2 is 1.55 bits per heavy atom. The maximum absolute atomic E-state index is 9.09. The van der Waals surface area contributed by atoms with Crippen molar-refractivity contribution in [1.29, 1.82) is 0 Å². The Balaban J connectivity index is 1.22. The van der Waals surface area contributed by atoms with Crippen molar-refractivity contribution in [2.24, 2.45) is 16.6 Å². The van der Waals surface area contributed by atoms with Gasteiger partial charge in [-0.2, -0.15) is 5.48 Å². The summed E-state index contributed by atoms with van der Waals surface area (Å²) in [5.41, 5.74) is 27.5. The largest absolute Gasteiger partial charge is 0.409 e. The summed E-state index contributed by atoms with van der Waals surface area (Å²) in [5, 5.41) is 33.5. The number of nitrogens with two attached hydrogens (primary N) is 3. The first-order chi connectivity index (χ1) is 22.8. The van der Waals surface area contributed by atoms with Crippen molar-refractivity contribution >= 4 is 56.3 Å². The summed E-state index contributed by atoms with van der Waals surface area (Å²) in [6, 6.07) is 32.9. The number of hydrogen-bond acceptors (Lipinski definition) is 11. The first-order valence-corrected chi connectivity index (χ1v) is 15.0. The van der Waals surface area contributed by atoms with E-state index in [-0.39, 0.29) is 11.9 Å². The van der Waals surface area contributed by atoms with Gasteiger partial charge >= 0.3 is 0 Å². The van der Waals surface area contributed by atoms with Crippen LogP contribution in [0.25, 0.3) is 21.8 Å². The summed E-state index contributed by atoms with van der Waals surface area (Å²) in [6.45, 7) is 2.63. The minimum atomic E-state index is -0.638. The van der Waals surface area contributed by atoms with Gasteiger partial charge in [-0.3, -0.25) is 0 Å². The Kier molecular flexibility index (Phi) is 8.97. The molecule has 0 radical (unpaired) electrons. The van der Waals surface area contributed by atoms with Crippen LogP contribution >= 0.6 is 0 Å². The van der Waals surface area contributed by atoms with Gasteiger partial charge in [0.05, 0.1) is 11.0 Å². The molecule has 2 aromatic heterocycles. The van der Waals surface area contributed by atoms with Gasteiger partial charge in [0.15, 0.2) is 5.84 Å². The number of hydrogen-bond donors (Lipinski definition) is 9. The highest BCUT2D eigenvalue weighted by atomic mass is 16.5. The number of nitrogen functional groups attached to an aromatic ring is 1. The van der Waals surface area contributed by atoms with Crippen LogP contribution in [0.4, 0.5) is 28.7 Å². The molecule has 12 N–H and O–H groups in total. The lowest BCUT2D eigenvalue weighted by Crippen LogP contribution is -2.25. The van der Waals surface area contributed by atoms with E-state index in [4.69, 9.17) is 32.6 Å². The predicted octanol–water partition coefficient (Wildman–Crippen LogP) is 5.92. The molecule has 0 saturated carbocycles. The zero-order valence-electron chi connectivity index (χ0n) is 25.6. The summed E-state index contributed by atoms with van der Waals surface area (Å²) in [4.78, 5) is 9.46. The number of pyridine rings is 2. The van der Waals surface area contributed by atoms with Crippen molar-refractivity contribution in [3.8, 4) is 0 Å². The van der Waals surface area contributed by atoms with E-state index in [0.717, 1.165) is 55.6 Å². The third-order valence-corrected chi connectivity index (χ3v) is 7.97. The molecule has 0 fully saturated rings. The van der Waals surface area contributed by atoms with Gasteiger partial charge in [-0.25, -0.2) is 9.97 Å². The standard InChI is InChI=1S/C35H36N10O2/c1-20(22-10-12-24(13-11-22)35(38)45-47)40-31-17-32(36)42-30-16-25(14-15-27(30)31)41-33-18-29(26-4-2-3-5-28(26)43-33)39-19-21-6-8-23(9-7-21)34(37)44-46/h2-18,20,34,44,46-47H,19,37H2,1H3,(H2,38,45)(H3,36,40,42)(H2,39,41,43). The van der Waals surface area contributed by atoms with E-state index in [1.807, 2.05) is 110 Å². The highest BCUT2D eigenvalue weighted by Crippen LogP contribution is 2.32. The fourth-order valence-electron chi connectivity index (χ4n) is 5.41. The zero-order chi connectivity index (χ0) is 32.9. The highest BCUT2D eigenvalue weighted by molar-refractivity contribution is 5.97. The number of para-hydroxylation sites is 1. The normalized spacial score (nSPS) is 13.0. The second-order valence-electron chi connectivity index (χ2n) is 11.2. The van der Waals surface area contributed by atoms with E-state index >= 15 is 0 Å². The molecular formula is C35H36N10O2. The van der Waals surface area contributed by atoms with Crippen molar-refractivity contribution in [1.82, 2.24) is 15.4 Å². The van der Waals surface area contributed by atoms with Crippen LogP contribution < -0.4 is 38.6 Å². The van der Waals surface area contributed by atoms with Gasteiger partial charge < -0.3 is 43.6 Å². The summed E-state index contributed by atoms with van der Waals surface area (Å²) in [7, 11) is 0. The van der Waals surface area contributed by atoms with Crippen LogP contribution in [0, 0.1) is 0 Å². The molecule has 238 valence electrons. The Morgan fingerprint density at radius 1 is 0.830 bits per heavy atom. The van der Waals surface area contributed by atoms with Crippen molar-refractivity contribution in [2.45, 2.75) is 25.7 Å². The van der Waals surface area contributed by atoms with Crippen LogP contribution in [0.2, 0.25) is 0 Å². The molecule has 6 rings (SSSR count). The number of anilines is 5. The molecule has 12 heteroatoms. The van der Waals surface area contributed by atoms with Gasteiger partial charge in [0.1, 0.15) is 17.8 Å². The number of rotatable bonds is 11. The summed E-state index contributed by atoms with van der Waals surface area (Å²) >= 11 is 0. The quantitative estimate of drug-likeness (QED) is 0.0270. The molecule has 4 aromatic carbocycles. The van der Waals surface area contributed by atoms with E-state index in [2.05, 4.69) is 31.6 Å². The lowest BCUT2D eigenvalue weighted by Gasteiger charge is -2.18. The first kappa shape index (κ1) is 31.0. The van der Waals surface area contributed by atoms with Gasteiger partial charge in [-0.15, -0.1) is 0 Å². The number of hydroxylamine groups is 1. The fourth-order valence-corrected chi connectivity index (χ4v) is 5.41. The van der Waals surface area contributed by atoms with E-state index in [1.54, 1.807) is 0 Å². The zero-order valence-corrected chi connectivity index (χ0v) is 25.6. The molecule has 6 aromatic rings. The van der Waals surface area contributed by atoms with Crippen molar-refractivity contribution in [3.63, 3.8) is 0 Å². The van der Waals surface area contributed by atoms with Crippen molar-refractivity contribution < 1.29 is 10.4 Å². The number of nitrogens with one attached hydrogen (secondary N) is 4. The van der Waals surface area contributed by atoms with Crippen molar-refractivity contribution in [2.75, 3.05) is 21.7 Å². The summed E-state index contributed by atoms with van der Waals surface area (Å²) in [6.07, 6.45) is -0.638. The summed E-state index contributed by atoms with van der Waals surface area (Å²) < 4.78 is 0. The molecule has 2 unspecified atom stereocenters. The van der Waals surface area contributed by atoms with Crippen LogP contribution in [-0.4, -0.2) is 26.2 Å². The number of oxime groups is 1. The van der Waals surface area contributed by atoms with E-state index < -0.39 is 6.17 Å². The second-order valence-corrected chi connectivity index (χ2v) is 11.2. The first-order valence-electron chi connectivity index (χ1n) is 15.0. The third kappa shape index (κ3) is 6.99. The smallest absolute Gasteiger partial charge is 0.170 e. The maximum atomic E-state index is 9.09. The molecule has 47 heavy (non-hydrogen) atoms. The average molecular weight is 629 g/mol. The second kappa shape index (κ2) is 13.6. The van der Waals surface area contributed by atoms with Crippen LogP contribution in [-0.2, 0) is 6.54 Å². The number of nitrogens with zero attached hydrogens (tertiary/aromatic N) is 3. The minimum Gasteiger partial charge on any atom is -0.409 e. The molecule has 2 atom stereocenters. The van der Waals surface area contributed by atoms with Crippen LogP contribution in [0.3, 0.4) is 0 Å². The Labute approximate surface area is 271 Å². The molecule has 0 spiro atoms. The van der Waals surface area contributed by atoms with Crippen LogP contribution in [0.1, 0.15) is 41.4 Å². The number of fused-ring (bicyclic) bond motifs is 2. The van der Waals surface area contributed by atoms with E-state index in [1.165, 1.54) is 0 Å². The summed E-state index contributed by atoms with van der Waals surface area (Å²) in [5.74, 6) is 1.13. The molecule has 2 heterocycles. The van der Waals surface area contributed by atoms with E-state index in [0.29, 0.717) is 23.7 Å². The Morgan fingerprint density at radius 3 is 2.30 bits per heavy atom. The van der Waals surface area contributed by atoms with Gasteiger partial charge in [0, 0.05) is 58.1 Å². The Hall–Kier alpha value is -5.95. The van der Waals surface area contributed by atoms with Gasteiger partial charge in [-0.05, 0) is 47.9 Å². The molecule has 12 nitrogen and oxygen atoms in total. The Bertz CT molecular complexity index is 2050. The topological polar surface area (TPSA) is 205 Å². The highest BCUT2D eigenvalue weighted by Gasteiger charge is 2.13. The van der Waals surface area contributed by atoms with Crippen LogP contribution in [0.15, 0.2) is 108 Å². The molecular weight excluding hydrogens is 592 g/mol. The number of aromatic nitrogens is 2. The monoisotopic (exact) mass is 628 g/mol. The predicted molar refractivity (Wildman–Crippen MR) is 188 cm³/mol. The average Bonchev–Trinajstić information content (AvgIpc) is 3.10. The molecule has 0 aliphatic rings. The number of benzene rings is 4. The van der Waals surface area contributed by atoms with Crippen LogP contribution in [0.5, 0.6) is 0 Å². The molecule has 0 amide bonds. The molecule has 0 aliphatic heterocycles. The molecule has 0 bridgehead atoms. The molecule has 0 aliphatic carbocycles. The lowest BCUT2D eigenvalue weighted by atomic mass is 10.0. The fraction of sp³-hybridized carbons (Fsp3) is 0.114. The number of amidine groups is 1.